The number of aliphatic hydroxyl groups excluding tert-OH is 1. The van der Waals surface area contributed by atoms with Gasteiger partial charge in [0.05, 0.1) is 23.2 Å². The number of nitrogens with two attached hydrogens (primary N) is 1. The van der Waals surface area contributed by atoms with Gasteiger partial charge >= 0.3 is 5.97 Å². The van der Waals surface area contributed by atoms with Crippen molar-refractivity contribution in [3.05, 3.63) is 29.5 Å². The number of aliphatic hydroxyl groups is 1. The van der Waals surface area contributed by atoms with Crippen LogP contribution in [0.1, 0.15) is 37.6 Å². The molecular formula is C26H41N5O5SSi. The number of carboxylic acids is 1. The Hall–Kier alpha value is -2.67. The summed E-state index contributed by atoms with van der Waals surface area (Å²) < 4.78 is 7.93. The summed E-state index contributed by atoms with van der Waals surface area (Å²) in [6.45, 7) is 13.6. The molecule has 1 aromatic carbocycles. The molecule has 0 aliphatic heterocycles. The molecule has 0 unspecified atom stereocenters. The van der Waals surface area contributed by atoms with E-state index in [1.807, 2.05) is 18.4 Å². The lowest BCUT2D eigenvalue weighted by Crippen LogP contribution is -2.40. The fraction of sp³-hybridized carbons (Fsp3) is 0.538. The number of aromatic nitrogens is 2. The first kappa shape index (κ1) is 31.5. The van der Waals surface area contributed by atoms with Crippen LogP contribution in [0.4, 0.5) is 5.95 Å². The summed E-state index contributed by atoms with van der Waals surface area (Å²) in [5.74, 6) is -0.741. The van der Waals surface area contributed by atoms with Gasteiger partial charge in [-0.2, -0.15) is 0 Å². The predicted molar refractivity (Wildman–Crippen MR) is 157 cm³/mol. The largest absolute Gasteiger partial charge is 0.478 e. The summed E-state index contributed by atoms with van der Waals surface area (Å²) in [5, 5.41) is 19.1. The van der Waals surface area contributed by atoms with E-state index in [0.717, 1.165) is 12.5 Å². The van der Waals surface area contributed by atoms with Crippen LogP contribution in [-0.4, -0.2) is 77.7 Å². The smallest absolute Gasteiger partial charge is 0.335 e. The Balaban J connectivity index is 2.73. The van der Waals surface area contributed by atoms with Crippen molar-refractivity contribution in [2.75, 3.05) is 37.1 Å². The normalized spacial score (nSPS) is 12.8. The highest BCUT2D eigenvalue weighted by atomic mass is 32.2. The monoisotopic (exact) mass is 563 g/mol. The average Bonchev–Trinajstić information content (AvgIpc) is 3.19. The molecule has 4 N–H and O–H groups in total. The number of rotatable bonds is 15. The highest BCUT2D eigenvalue weighted by Gasteiger charge is 2.28. The Labute approximate surface area is 230 Å². The number of carbonyl (C=O) groups is 2. The Kier molecular flexibility index (Phi) is 12.0. The molecule has 0 radical (unpaired) electrons. The second kappa shape index (κ2) is 14.5. The summed E-state index contributed by atoms with van der Waals surface area (Å²) in [5.41, 5.74) is 7.79. The van der Waals surface area contributed by atoms with Crippen LogP contribution in [0.5, 0.6) is 0 Å². The van der Waals surface area contributed by atoms with Crippen LogP contribution >= 0.6 is 11.8 Å². The van der Waals surface area contributed by atoms with Gasteiger partial charge in [-0.25, -0.2) is 9.78 Å². The van der Waals surface area contributed by atoms with Gasteiger partial charge in [-0.05, 0) is 44.5 Å². The second-order valence-electron chi connectivity index (χ2n) is 10.1. The van der Waals surface area contributed by atoms with E-state index in [0.29, 0.717) is 53.0 Å². The zero-order valence-electron chi connectivity index (χ0n) is 23.3. The van der Waals surface area contributed by atoms with Gasteiger partial charge in [0.15, 0.2) is 0 Å². The van der Waals surface area contributed by atoms with Crippen molar-refractivity contribution in [1.82, 2.24) is 9.55 Å². The van der Waals surface area contributed by atoms with Crippen LogP contribution in [0.15, 0.2) is 33.8 Å². The number of allylic oxidation sites excluding steroid dienone is 1. The summed E-state index contributed by atoms with van der Waals surface area (Å²) in [6.07, 6.45) is 2.29. The number of thioether (sulfide) groups is 1. The van der Waals surface area contributed by atoms with Gasteiger partial charge in [-0.3, -0.25) is 14.7 Å². The third-order valence-electron chi connectivity index (χ3n) is 5.44. The standard InChI is InChI=1S/C26H41N5O5SSi/c1-7-9-30-23-20(15-19(25(34)35)16-22(23)37-12-10-32)29-26(30)31(17-36-11-13-38(4,5)6)24(33)21(28-8-2)14-18(3)27/h14-16,32H,7-13,17,27H2,1-6H3,(H,34,35). The number of ether oxygens (including phenoxy) is 1. The molecule has 38 heavy (non-hydrogen) atoms. The van der Waals surface area contributed by atoms with E-state index in [9.17, 15) is 19.8 Å². The van der Waals surface area contributed by atoms with Crippen molar-refractivity contribution in [3.8, 4) is 0 Å². The van der Waals surface area contributed by atoms with E-state index in [2.05, 4.69) is 24.6 Å². The number of carbonyl (C=O) groups excluding carboxylic acids is 1. The Morgan fingerprint density at radius 2 is 2.00 bits per heavy atom. The quantitative estimate of drug-likeness (QED) is 0.0962. The average molecular weight is 564 g/mol. The van der Waals surface area contributed by atoms with Crippen molar-refractivity contribution in [1.29, 1.82) is 0 Å². The molecule has 1 heterocycles. The topological polar surface area (TPSA) is 143 Å². The molecule has 0 bridgehead atoms. The molecule has 0 aliphatic rings. The van der Waals surface area contributed by atoms with E-state index in [1.165, 1.54) is 22.7 Å². The molecule has 0 fully saturated rings. The summed E-state index contributed by atoms with van der Waals surface area (Å²) in [4.78, 5) is 37.0. The number of aryl methyl sites for hydroxylation is 1. The van der Waals surface area contributed by atoms with Gasteiger partial charge in [0.2, 0.25) is 5.95 Å². The molecule has 210 valence electrons. The molecule has 2 aromatic rings. The highest BCUT2D eigenvalue weighted by molar-refractivity contribution is 7.99. The van der Waals surface area contributed by atoms with Crippen molar-refractivity contribution >= 4 is 54.4 Å². The van der Waals surface area contributed by atoms with Crippen LogP contribution in [-0.2, 0) is 16.1 Å². The molecular weight excluding hydrogens is 522 g/mol. The Bertz CT molecular complexity index is 1180. The van der Waals surface area contributed by atoms with Crippen molar-refractivity contribution in [2.45, 2.75) is 64.3 Å². The van der Waals surface area contributed by atoms with Crippen molar-refractivity contribution in [2.24, 2.45) is 10.7 Å². The van der Waals surface area contributed by atoms with Gasteiger partial charge < -0.3 is 25.3 Å². The number of fused-ring (bicyclic) bond motifs is 1. The van der Waals surface area contributed by atoms with Gasteiger partial charge in [-0.1, -0.05) is 26.6 Å². The third kappa shape index (κ3) is 8.68. The van der Waals surface area contributed by atoms with E-state index in [-0.39, 0.29) is 24.6 Å². The lowest BCUT2D eigenvalue weighted by Gasteiger charge is -2.24. The van der Waals surface area contributed by atoms with E-state index in [1.54, 1.807) is 19.1 Å². The maximum Gasteiger partial charge on any atom is 0.335 e. The van der Waals surface area contributed by atoms with Crippen LogP contribution in [0.25, 0.3) is 11.0 Å². The number of anilines is 1. The molecule has 12 heteroatoms. The maximum atomic E-state index is 13.9. The van der Waals surface area contributed by atoms with Gasteiger partial charge in [0, 0.05) is 44.1 Å². The number of nitrogens with zero attached hydrogens (tertiary/aromatic N) is 4. The first-order valence-corrected chi connectivity index (χ1v) is 17.5. The SMILES string of the molecule is CCCn1c(N(COCC[Si](C)(C)C)C(=O)C(C=C(C)N)=NCC)nc2cc(C(=O)O)cc(SCCO)c21. The summed E-state index contributed by atoms with van der Waals surface area (Å²) >= 11 is 1.35. The minimum absolute atomic E-state index is 0.0402. The molecule has 1 aromatic heterocycles. The number of hydrogen-bond acceptors (Lipinski definition) is 8. The summed E-state index contributed by atoms with van der Waals surface area (Å²) in [6, 6.07) is 4.03. The Morgan fingerprint density at radius 1 is 1.29 bits per heavy atom. The van der Waals surface area contributed by atoms with Crippen LogP contribution in [0, 0.1) is 0 Å². The molecule has 0 atom stereocenters. The van der Waals surface area contributed by atoms with Gasteiger partial charge in [0.1, 0.15) is 12.4 Å². The lowest BCUT2D eigenvalue weighted by atomic mass is 10.2. The molecule has 2 rings (SSSR count). The van der Waals surface area contributed by atoms with Crippen molar-refractivity contribution < 1.29 is 24.5 Å². The second-order valence-corrected chi connectivity index (χ2v) is 16.9. The fourth-order valence-corrected chi connectivity index (χ4v) is 5.32. The predicted octanol–water partition coefficient (Wildman–Crippen LogP) is 4.20. The third-order valence-corrected chi connectivity index (χ3v) is 8.16. The Morgan fingerprint density at radius 3 is 2.55 bits per heavy atom. The first-order valence-electron chi connectivity index (χ1n) is 12.8. The number of carboxylic acid groups (broad SMARTS) is 1. The fourth-order valence-electron chi connectivity index (χ4n) is 3.69. The molecule has 0 aliphatic carbocycles. The van der Waals surface area contributed by atoms with E-state index < -0.39 is 20.0 Å². The zero-order valence-corrected chi connectivity index (χ0v) is 25.1. The molecule has 0 saturated heterocycles. The minimum atomic E-state index is -1.36. The van der Waals surface area contributed by atoms with Gasteiger partial charge in [0.25, 0.3) is 5.91 Å². The lowest BCUT2D eigenvalue weighted by molar-refractivity contribution is -0.113. The van der Waals surface area contributed by atoms with Crippen LogP contribution < -0.4 is 10.6 Å². The number of aromatic carboxylic acids is 1. The summed E-state index contributed by atoms with van der Waals surface area (Å²) in [7, 11) is -1.36. The van der Waals surface area contributed by atoms with Crippen LogP contribution in [0.2, 0.25) is 25.7 Å². The first-order chi connectivity index (χ1) is 17.9. The minimum Gasteiger partial charge on any atom is -0.478 e. The number of hydrogen-bond donors (Lipinski definition) is 3. The van der Waals surface area contributed by atoms with E-state index in [4.69, 9.17) is 15.5 Å². The zero-order chi connectivity index (χ0) is 28.5. The molecule has 0 saturated carbocycles. The maximum absolute atomic E-state index is 13.9. The van der Waals surface area contributed by atoms with Gasteiger partial charge in [-0.15, -0.1) is 11.8 Å². The number of benzene rings is 1. The number of amides is 1. The number of imidazole rings is 1. The molecule has 1 amide bonds. The number of aliphatic imine (C=N–C) groups is 1. The molecule has 10 nitrogen and oxygen atoms in total. The van der Waals surface area contributed by atoms with Crippen LogP contribution in [0.3, 0.4) is 0 Å². The highest BCUT2D eigenvalue weighted by Crippen LogP contribution is 2.33. The van der Waals surface area contributed by atoms with Crippen molar-refractivity contribution in [3.63, 3.8) is 0 Å². The van der Waals surface area contributed by atoms with E-state index >= 15 is 0 Å². The molecule has 0 spiro atoms.